The van der Waals surface area contributed by atoms with E-state index in [2.05, 4.69) is 4.98 Å². The zero-order chi connectivity index (χ0) is 11.4. The third-order valence-electron chi connectivity index (χ3n) is 2.06. The van der Waals surface area contributed by atoms with E-state index in [-0.39, 0.29) is 6.61 Å². The number of rotatable bonds is 3. The van der Waals surface area contributed by atoms with Gasteiger partial charge in [0.25, 0.3) is 0 Å². The van der Waals surface area contributed by atoms with Crippen LogP contribution in [0.15, 0.2) is 47.1 Å². The standard InChI is InChI=1S/C12H9Cl2NO/c13-6-10(14)8-16-11-5-9-3-1-2-4-12(9)15-7-11/h1-7H,8H2/b10-6+. The van der Waals surface area contributed by atoms with Crippen LogP contribution in [-0.4, -0.2) is 11.6 Å². The first kappa shape index (κ1) is 11.2. The number of hydrogen-bond donors (Lipinski definition) is 0. The average Bonchev–Trinajstić information content (AvgIpc) is 2.35. The van der Waals surface area contributed by atoms with Gasteiger partial charge in [-0.3, -0.25) is 4.98 Å². The van der Waals surface area contributed by atoms with Crippen LogP contribution in [-0.2, 0) is 0 Å². The molecule has 82 valence electrons. The molecular formula is C12H9Cl2NO. The quantitative estimate of drug-likeness (QED) is 0.827. The number of ether oxygens (including phenoxy) is 1. The second-order valence-electron chi connectivity index (χ2n) is 3.21. The zero-order valence-electron chi connectivity index (χ0n) is 8.36. The van der Waals surface area contributed by atoms with Crippen molar-refractivity contribution in [2.45, 2.75) is 0 Å². The van der Waals surface area contributed by atoms with Crippen molar-refractivity contribution in [3.63, 3.8) is 0 Å². The van der Waals surface area contributed by atoms with Gasteiger partial charge in [-0.1, -0.05) is 41.4 Å². The molecular weight excluding hydrogens is 245 g/mol. The van der Waals surface area contributed by atoms with Crippen LogP contribution in [0.5, 0.6) is 5.75 Å². The molecule has 2 rings (SSSR count). The molecule has 1 heterocycles. The highest BCUT2D eigenvalue weighted by Crippen LogP contribution is 2.18. The Morgan fingerprint density at radius 1 is 1.38 bits per heavy atom. The molecule has 0 saturated carbocycles. The Kier molecular flexibility index (Phi) is 3.65. The smallest absolute Gasteiger partial charge is 0.138 e. The number of fused-ring (bicyclic) bond motifs is 1. The molecule has 0 radical (unpaired) electrons. The van der Waals surface area contributed by atoms with Crippen molar-refractivity contribution in [1.82, 2.24) is 4.98 Å². The normalized spacial score (nSPS) is 11.8. The number of pyridine rings is 1. The summed E-state index contributed by atoms with van der Waals surface area (Å²) in [6, 6.07) is 9.75. The van der Waals surface area contributed by atoms with Gasteiger partial charge >= 0.3 is 0 Å². The topological polar surface area (TPSA) is 22.1 Å². The van der Waals surface area contributed by atoms with E-state index in [1.807, 2.05) is 30.3 Å². The first-order chi connectivity index (χ1) is 7.79. The number of benzene rings is 1. The summed E-state index contributed by atoms with van der Waals surface area (Å²) in [5.74, 6) is 0.676. The summed E-state index contributed by atoms with van der Waals surface area (Å²) in [5.41, 5.74) is 2.23. The summed E-state index contributed by atoms with van der Waals surface area (Å²) in [5, 5.41) is 1.49. The van der Waals surface area contributed by atoms with Crippen LogP contribution in [0.3, 0.4) is 0 Å². The number of hydrogen-bond acceptors (Lipinski definition) is 2. The molecule has 0 fully saturated rings. The number of nitrogens with zero attached hydrogens (tertiary/aromatic N) is 1. The van der Waals surface area contributed by atoms with Crippen molar-refractivity contribution in [2.24, 2.45) is 0 Å². The largest absolute Gasteiger partial charge is 0.486 e. The maximum Gasteiger partial charge on any atom is 0.138 e. The third-order valence-corrected chi connectivity index (χ3v) is 2.65. The Morgan fingerprint density at radius 3 is 3.00 bits per heavy atom. The van der Waals surface area contributed by atoms with Crippen LogP contribution in [0, 0.1) is 0 Å². The van der Waals surface area contributed by atoms with Crippen LogP contribution in [0.2, 0.25) is 0 Å². The minimum Gasteiger partial charge on any atom is -0.486 e. The van der Waals surface area contributed by atoms with Gasteiger partial charge in [0.05, 0.1) is 16.7 Å². The van der Waals surface area contributed by atoms with Crippen LogP contribution < -0.4 is 4.74 Å². The number of aromatic nitrogens is 1. The Labute approximate surface area is 103 Å². The molecule has 4 heteroatoms. The Hall–Kier alpha value is -1.25. The van der Waals surface area contributed by atoms with Gasteiger partial charge in [0.2, 0.25) is 0 Å². The van der Waals surface area contributed by atoms with E-state index in [1.54, 1.807) is 6.20 Å². The molecule has 2 nitrogen and oxygen atoms in total. The minimum absolute atomic E-state index is 0.255. The zero-order valence-corrected chi connectivity index (χ0v) is 9.87. The summed E-state index contributed by atoms with van der Waals surface area (Å²) < 4.78 is 5.42. The van der Waals surface area contributed by atoms with Crippen LogP contribution in [0.1, 0.15) is 0 Å². The molecule has 16 heavy (non-hydrogen) atoms. The average molecular weight is 254 g/mol. The lowest BCUT2D eigenvalue weighted by Crippen LogP contribution is -1.97. The summed E-state index contributed by atoms with van der Waals surface area (Å²) in [6.07, 6.45) is 1.67. The van der Waals surface area contributed by atoms with Crippen molar-refractivity contribution in [2.75, 3.05) is 6.61 Å². The molecule has 0 spiro atoms. The second kappa shape index (κ2) is 5.19. The SMILES string of the molecule is Cl/C=C(/Cl)COc1cnc2ccccc2c1. The Morgan fingerprint density at radius 2 is 2.19 bits per heavy atom. The van der Waals surface area contributed by atoms with E-state index in [9.17, 15) is 0 Å². The Balaban J connectivity index is 2.20. The fraction of sp³-hybridized carbons (Fsp3) is 0.0833. The van der Waals surface area contributed by atoms with Crippen molar-refractivity contribution in [3.05, 3.63) is 47.1 Å². The molecule has 0 bridgehead atoms. The van der Waals surface area contributed by atoms with Gasteiger partial charge in [0, 0.05) is 10.9 Å². The fourth-order valence-electron chi connectivity index (χ4n) is 1.31. The van der Waals surface area contributed by atoms with E-state index in [1.165, 1.54) is 5.54 Å². The summed E-state index contributed by atoms with van der Waals surface area (Å²) in [7, 11) is 0. The predicted molar refractivity (Wildman–Crippen MR) is 67.0 cm³/mol. The summed E-state index contributed by atoms with van der Waals surface area (Å²) in [4.78, 5) is 4.26. The van der Waals surface area contributed by atoms with Gasteiger partial charge in [-0.2, -0.15) is 0 Å². The molecule has 0 aliphatic rings. The van der Waals surface area contributed by atoms with Gasteiger partial charge < -0.3 is 4.74 Å². The fourth-order valence-corrected chi connectivity index (χ4v) is 1.43. The molecule has 2 aromatic rings. The van der Waals surface area contributed by atoms with Gasteiger partial charge in [-0.05, 0) is 12.1 Å². The van der Waals surface area contributed by atoms with E-state index in [4.69, 9.17) is 27.9 Å². The lowest BCUT2D eigenvalue weighted by molar-refractivity contribution is 0.358. The first-order valence-corrected chi connectivity index (χ1v) is 5.53. The van der Waals surface area contributed by atoms with Crippen molar-refractivity contribution in [3.8, 4) is 5.75 Å². The molecule has 0 amide bonds. The predicted octanol–water partition coefficient (Wildman–Crippen LogP) is 3.93. The molecule has 0 unspecified atom stereocenters. The van der Waals surface area contributed by atoms with Gasteiger partial charge in [0.1, 0.15) is 12.4 Å². The molecule has 0 N–H and O–H groups in total. The maximum atomic E-state index is 5.72. The van der Waals surface area contributed by atoms with Crippen LogP contribution in [0.4, 0.5) is 0 Å². The lowest BCUT2D eigenvalue weighted by Gasteiger charge is -2.05. The maximum absolute atomic E-state index is 5.72. The van der Waals surface area contributed by atoms with Crippen molar-refractivity contribution >= 4 is 34.1 Å². The van der Waals surface area contributed by atoms with Crippen LogP contribution >= 0.6 is 23.2 Å². The minimum atomic E-state index is 0.255. The lowest BCUT2D eigenvalue weighted by atomic mass is 10.2. The van der Waals surface area contributed by atoms with Crippen molar-refractivity contribution < 1.29 is 4.74 Å². The molecule has 0 aliphatic heterocycles. The van der Waals surface area contributed by atoms with E-state index in [0.29, 0.717) is 10.8 Å². The third kappa shape index (κ3) is 2.65. The highest BCUT2D eigenvalue weighted by molar-refractivity contribution is 6.36. The van der Waals surface area contributed by atoms with Gasteiger partial charge in [0.15, 0.2) is 0 Å². The highest BCUT2D eigenvalue weighted by atomic mass is 35.5. The summed E-state index contributed by atoms with van der Waals surface area (Å²) in [6.45, 7) is 0.255. The van der Waals surface area contributed by atoms with Gasteiger partial charge in [-0.25, -0.2) is 0 Å². The number of halogens is 2. The summed E-state index contributed by atoms with van der Waals surface area (Å²) >= 11 is 11.1. The number of para-hydroxylation sites is 1. The molecule has 0 aliphatic carbocycles. The van der Waals surface area contributed by atoms with Crippen molar-refractivity contribution in [1.29, 1.82) is 0 Å². The molecule has 0 atom stereocenters. The monoisotopic (exact) mass is 253 g/mol. The molecule has 0 saturated heterocycles. The Bertz CT molecular complexity index is 525. The van der Waals surface area contributed by atoms with E-state index >= 15 is 0 Å². The second-order valence-corrected chi connectivity index (χ2v) is 3.91. The molecule has 1 aromatic heterocycles. The highest BCUT2D eigenvalue weighted by Gasteiger charge is 1.99. The van der Waals surface area contributed by atoms with Gasteiger partial charge in [-0.15, -0.1) is 0 Å². The van der Waals surface area contributed by atoms with E-state index < -0.39 is 0 Å². The first-order valence-electron chi connectivity index (χ1n) is 4.72. The van der Waals surface area contributed by atoms with E-state index in [0.717, 1.165) is 10.9 Å². The van der Waals surface area contributed by atoms with Crippen LogP contribution in [0.25, 0.3) is 10.9 Å². The molecule has 1 aromatic carbocycles.